The molecule has 0 spiro atoms. The van der Waals surface area contributed by atoms with Crippen LogP contribution in [0.1, 0.15) is 10.4 Å². The molecule has 0 unspecified atom stereocenters. The summed E-state index contributed by atoms with van der Waals surface area (Å²) in [4.78, 5) is 11.9. The summed E-state index contributed by atoms with van der Waals surface area (Å²) in [5, 5.41) is 11.9. The highest BCUT2D eigenvalue weighted by Gasteiger charge is 2.11. The Morgan fingerprint density at radius 2 is 1.80 bits per heavy atom. The molecule has 0 radical (unpaired) electrons. The van der Waals surface area contributed by atoms with Gasteiger partial charge in [0, 0.05) is 17.3 Å². The van der Waals surface area contributed by atoms with Gasteiger partial charge in [0.15, 0.2) is 11.5 Å². The molecule has 1 amide bonds. The van der Waals surface area contributed by atoms with Gasteiger partial charge in [-0.15, -0.1) is 0 Å². The molecule has 4 nitrogen and oxygen atoms in total. The Kier molecular flexibility index (Phi) is 3.84. The van der Waals surface area contributed by atoms with Crippen molar-refractivity contribution in [3.63, 3.8) is 0 Å². The summed E-state index contributed by atoms with van der Waals surface area (Å²) >= 11 is 0. The number of carbonyl (C=O) groups excluding carboxylic acids is 1. The van der Waals surface area contributed by atoms with Gasteiger partial charge in [-0.3, -0.25) is 4.79 Å². The molecule has 20 heavy (non-hydrogen) atoms. The number of halogens is 2. The highest BCUT2D eigenvalue weighted by Crippen LogP contribution is 2.26. The number of amides is 1. The quantitative estimate of drug-likeness (QED) is 0.908. The number of hydrogen-bond acceptors (Lipinski definition) is 3. The molecule has 6 heteroatoms. The highest BCUT2D eigenvalue weighted by molar-refractivity contribution is 6.04. The summed E-state index contributed by atoms with van der Waals surface area (Å²) in [5.41, 5.74) is 0.121. The molecule has 0 aliphatic heterocycles. The van der Waals surface area contributed by atoms with Crippen LogP contribution >= 0.6 is 0 Å². The van der Waals surface area contributed by atoms with Crippen LogP contribution in [0.5, 0.6) is 11.5 Å². The minimum atomic E-state index is -0.794. The topological polar surface area (TPSA) is 58.6 Å². The number of hydrogen-bond donors (Lipinski definition) is 2. The number of aromatic hydroxyl groups is 1. The first-order valence-electron chi connectivity index (χ1n) is 5.64. The Bertz CT molecular complexity index is 639. The average molecular weight is 279 g/mol. The zero-order valence-electron chi connectivity index (χ0n) is 10.5. The lowest BCUT2D eigenvalue weighted by molar-refractivity contribution is 0.102. The molecular weight excluding hydrogens is 268 g/mol. The smallest absolute Gasteiger partial charge is 0.255 e. The normalized spacial score (nSPS) is 10.2. The number of carbonyl (C=O) groups is 1. The second-order valence-electron chi connectivity index (χ2n) is 4.00. The molecule has 0 bridgehead atoms. The van der Waals surface area contributed by atoms with Gasteiger partial charge >= 0.3 is 0 Å². The number of anilines is 1. The van der Waals surface area contributed by atoms with Crippen LogP contribution in [0.15, 0.2) is 36.4 Å². The monoisotopic (exact) mass is 279 g/mol. The zero-order valence-corrected chi connectivity index (χ0v) is 10.5. The van der Waals surface area contributed by atoms with Crippen LogP contribution < -0.4 is 10.1 Å². The van der Waals surface area contributed by atoms with Gasteiger partial charge < -0.3 is 15.2 Å². The van der Waals surface area contributed by atoms with E-state index in [4.69, 9.17) is 4.74 Å². The second-order valence-corrected chi connectivity index (χ2v) is 4.00. The third-order valence-corrected chi connectivity index (χ3v) is 2.56. The van der Waals surface area contributed by atoms with E-state index in [1.165, 1.54) is 25.3 Å². The van der Waals surface area contributed by atoms with E-state index in [0.717, 1.165) is 12.1 Å². The lowest BCUT2D eigenvalue weighted by Crippen LogP contribution is -2.12. The minimum Gasteiger partial charge on any atom is -0.504 e. The first-order valence-corrected chi connectivity index (χ1v) is 5.64. The highest BCUT2D eigenvalue weighted by atomic mass is 19.1. The molecule has 2 N–H and O–H groups in total. The summed E-state index contributed by atoms with van der Waals surface area (Å²) in [6, 6.07) is 6.72. The van der Waals surface area contributed by atoms with Gasteiger partial charge in [-0.1, -0.05) is 0 Å². The first-order chi connectivity index (χ1) is 9.49. The van der Waals surface area contributed by atoms with E-state index >= 15 is 0 Å². The molecule has 104 valence electrons. The van der Waals surface area contributed by atoms with E-state index in [0.29, 0.717) is 6.07 Å². The molecule has 0 fully saturated rings. The van der Waals surface area contributed by atoms with E-state index in [1.807, 2.05) is 0 Å². The molecule has 0 atom stereocenters. The fraction of sp³-hybridized carbons (Fsp3) is 0.0714. The third kappa shape index (κ3) is 3.03. The van der Waals surface area contributed by atoms with Gasteiger partial charge in [0.05, 0.1) is 7.11 Å². The van der Waals surface area contributed by atoms with Crippen LogP contribution in [0, 0.1) is 11.6 Å². The number of phenolic OH excluding ortho intramolecular Hbond substituents is 1. The maximum Gasteiger partial charge on any atom is 0.255 e. The second kappa shape index (κ2) is 5.56. The van der Waals surface area contributed by atoms with Gasteiger partial charge in [0.25, 0.3) is 5.91 Å². The summed E-state index contributed by atoms with van der Waals surface area (Å²) in [6.07, 6.45) is 0. The van der Waals surface area contributed by atoms with Crippen molar-refractivity contribution in [1.82, 2.24) is 0 Å². The van der Waals surface area contributed by atoms with Crippen molar-refractivity contribution >= 4 is 11.6 Å². The molecular formula is C14H11F2NO3. The van der Waals surface area contributed by atoms with Gasteiger partial charge in [-0.2, -0.15) is 0 Å². The fourth-order valence-electron chi connectivity index (χ4n) is 1.66. The van der Waals surface area contributed by atoms with Gasteiger partial charge in [0.1, 0.15) is 11.6 Å². The predicted molar refractivity (Wildman–Crippen MR) is 69.0 cm³/mol. The van der Waals surface area contributed by atoms with Crippen LogP contribution in [0.25, 0.3) is 0 Å². The van der Waals surface area contributed by atoms with Crippen molar-refractivity contribution in [3.8, 4) is 11.5 Å². The number of methoxy groups -OCH3 is 1. The first kappa shape index (κ1) is 13.8. The summed E-state index contributed by atoms with van der Waals surface area (Å²) in [7, 11) is 1.38. The van der Waals surface area contributed by atoms with Crippen molar-refractivity contribution in [2.45, 2.75) is 0 Å². The largest absolute Gasteiger partial charge is 0.504 e. The zero-order chi connectivity index (χ0) is 14.7. The Morgan fingerprint density at radius 1 is 1.15 bits per heavy atom. The maximum absolute atomic E-state index is 13.0. The molecule has 0 saturated heterocycles. The van der Waals surface area contributed by atoms with Crippen LogP contribution in [-0.2, 0) is 0 Å². The SMILES string of the molecule is COc1ccc(C(=O)Nc2cc(F)cc(F)c2)cc1O. The van der Waals surface area contributed by atoms with E-state index in [2.05, 4.69) is 5.32 Å². The standard InChI is InChI=1S/C14H11F2NO3/c1-20-13-3-2-8(4-12(13)18)14(19)17-11-6-9(15)5-10(16)7-11/h2-7,18H,1H3,(H,17,19). The lowest BCUT2D eigenvalue weighted by atomic mass is 10.2. The third-order valence-electron chi connectivity index (χ3n) is 2.56. The lowest BCUT2D eigenvalue weighted by Gasteiger charge is -2.08. The van der Waals surface area contributed by atoms with Crippen molar-refractivity contribution in [1.29, 1.82) is 0 Å². The molecule has 0 aromatic heterocycles. The van der Waals surface area contributed by atoms with Crippen LogP contribution in [0.4, 0.5) is 14.5 Å². The van der Waals surface area contributed by atoms with E-state index < -0.39 is 17.5 Å². The molecule has 0 aliphatic carbocycles. The van der Waals surface area contributed by atoms with E-state index in [9.17, 15) is 18.7 Å². The molecule has 2 aromatic rings. The number of ether oxygens (including phenoxy) is 1. The molecule has 2 rings (SSSR count). The van der Waals surface area contributed by atoms with Crippen molar-refractivity contribution in [2.75, 3.05) is 12.4 Å². The Hall–Kier alpha value is -2.63. The summed E-state index contributed by atoms with van der Waals surface area (Å²) in [6.45, 7) is 0. The number of nitrogens with one attached hydrogen (secondary N) is 1. The van der Waals surface area contributed by atoms with Crippen molar-refractivity contribution < 1.29 is 23.4 Å². The van der Waals surface area contributed by atoms with E-state index in [-0.39, 0.29) is 22.7 Å². The Balaban J connectivity index is 2.21. The number of benzene rings is 2. The molecule has 0 saturated carbocycles. The van der Waals surface area contributed by atoms with Crippen molar-refractivity contribution in [3.05, 3.63) is 53.6 Å². The number of phenols is 1. The van der Waals surface area contributed by atoms with E-state index in [1.54, 1.807) is 0 Å². The van der Waals surface area contributed by atoms with Gasteiger partial charge in [-0.25, -0.2) is 8.78 Å². The fourth-order valence-corrected chi connectivity index (χ4v) is 1.66. The maximum atomic E-state index is 13.0. The molecule has 0 aliphatic rings. The Morgan fingerprint density at radius 3 is 2.35 bits per heavy atom. The van der Waals surface area contributed by atoms with Gasteiger partial charge in [-0.05, 0) is 30.3 Å². The average Bonchev–Trinajstić information content (AvgIpc) is 2.37. The summed E-state index contributed by atoms with van der Waals surface area (Å²) in [5.74, 6) is -2.17. The van der Waals surface area contributed by atoms with Crippen LogP contribution in [-0.4, -0.2) is 18.1 Å². The predicted octanol–water partition coefficient (Wildman–Crippen LogP) is 2.93. The van der Waals surface area contributed by atoms with Crippen molar-refractivity contribution in [2.24, 2.45) is 0 Å². The van der Waals surface area contributed by atoms with Crippen LogP contribution in [0.3, 0.4) is 0 Å². The van der Waals surface area contributed by atoms with Crippen LogP contribution in [0.2, 0.25) is 0 Å². The molecule has 2 aromatic carbocycles. The van der Waals surface area contributed by atoms with Gasteiger partial charge in [0.2, 0.25) is 0 Å². The minimum absolute atomic E-state index is 0.0113. The number of rotatable bonds is 3. The summed E-state index contributed by atoms with van der Waals surface area (Å²) < 4.78 is 30.8. The molecule has 0 heterocycles. The Labute approximate surface area is 113 Å².